The molecule has 7 heteroatoms. The molecule has 0 saturated carbocycles. The Balaban J connectivity index is 2.72. The Morgan fingerprint density at radius 1 is 1.61 bits per heavy atom. The number of nitro benzene ring substituents is 1. The van der Waals surface area contributed by atoms with Gasteiger partial charge in [-0.2, -0.15) is 0 Å². The number of nitro groups is 1. The third-order valence-corrected chi connectivity index (χ3v) is 2.89. The van der Waals surface area contributed by atoms with Gasteiger partial charge in [0.2, 0.25) is 5.91 Å². The van der Waals surface area contributed by atoms with Crippen LogP contribution in [-0.2, 0) is 11.3 Å². The van der Waals surface area contributed by atoms with Crippen molar-refractivity contribution in [2.75, 3.05) is 0 Å². The number of rotatable bonds is 6. The molecular weight excluding hydrogens is 302 g/mol. The molecule has 0 spiro atoms. The van der Waals surface area contributed by atoms with Gasteiger partial charge in [0.05, 0.1) is 4.92 Å². The fourth-order valence-corrected chi connectivity index (χ4v) is 1.86. The van der Waals surface area contributed by atoms with Crippen molar-refractivity contribution in [2.24, 2.45) is 5.73 Å². The second-order valence-electron chi connectivity index (χ2n) is 3.98. The topological polar surface area (TPSA) is 98.3 Å². The van der Waals surface area contributed by atoms with E-state index >= 15 is 0 Å². The molecule has 1 atom stereocenters. The van der Waals surface area contributed by atoms with Gasteiger partial charge in [-0.05, 0) is 19.1 Å². The van der Waals surface area contributed by atoms with Gasteiger partial charge in [0.1, 0.15) is 0 Å². The first kappa shape index (κ1) is 14.6. The Labute approximate surface area is 113 Å². The molecule has 6 nitrogen and oxygen atoms in total. The first-order valence-electron chi connectivity index (χ1n) is 5.34. The molecule has 0 aliphatic rings. The minimum absolute atomic E-state index is 0.0446. The molecule has 0 fully saturated rings. The molecule has 1 aromatic rings. The smallest absolute Gasteiger partial charge is 0.275 e. The number of carbonyl (C=O) groups is 1. The zero-order valence-corrected chi connectivity index (χ0v) is 11.4. The fraction of sp³-hybridized carbons (Fsp3) is 0.364. The number of nitrogens with one attached hydrogen (secondary N) is 1. The average molecular weight is 316 g/mol. The van der Waals surface area contributed by atoms with Gasteiger partial charge < -0.3 is 11.1 Å². The number of hydrogen-bond donors (Lipinski definition) is 2. The molecular formula is C11H14BrN3O3. The zero-order chi connectivity index (χ0) is 13.7. The van der Waals surface area contributed by atoms with Crippen LogP contribution in [0.1, 0.15) is 18.9 Å². The minimum atomic E-state index is -0.430. The molecule has 1 amide bonds. The number of hydrogen-bond acceptors (Lipinski definition) is 4. The van der Waals surface area contributed by atoms with Crippen LogP contribution < -0.4 is 11.1 Å². The standard InChI is InChI=1S/C11H14BrN3O3/c1-7(4-11(13)16)14-6-8-2-3-9(12)5-10(8)15(17)18/h2-3,5,7,14H,4,6H2,1H3,(H2,13,16). The molecule has 0 radical (unpaired) electrons. The zero-order valence-electron chi connectivity index (χ0n) is 9.85. The summed E-state index contributed by atoms with van der Waals surface area (Å²) in [6.07, 6.45) is 0.199. The predicted molar refractivity (Wildman–Crippen MR) is 70.9 cm³/mol. The Bertz CT molecular complexity index is 465. The summed E-state index contributed by atoms with van der Waals surface area (Å²) in [5.41, 5.74) is 5.68. The molecule has 18 heavy (non-hydrogen) atoms. The first-order chi connectivity index (χ1) is 8.40. The van der Waals surface area contributed by atoms with Crippen LogP contribution in [0.3, 0.4) is 0 Å². The van der Waals surface area contributed by atoms with Crippen molar-refractivity contribution >= 4 is 27.5 Å². The number of benzene rings is 1. The molecule has 0 aromatic heterocycles. The summed E-state index contributed by atoms with van der Waals surface area (Å²) < 4.78 is 0.656. The van der Waals surface area contributed by atoms with Crippen LogP contribution >= 0.6 is 15.9 Å². The maximum absolute atomic E-state index is 10.9. The molecule has 0 saturated heterocycles. The molecule has 98 valence electrons. The number of amides is 1. The molecule has 0 heterocycles. The van der Waals surface area contributed by atoms with Crippen LogP contribution in [0.5, 0.6) is 0 Å². The molecule has 1 aromatic carbocycles. The monoisotopic (exact) mass is 315 g/mol. The van der Waals surface area contributed by atoms with Gasteiger partial charge in [-0.25, -0.2) is 0 Å². The van der Waals surface area contributed by atoms with Crippen LogP contribution in [-0.4, -0.2) is 16.9 Å². The van der Waals surface area contributed by atoms with E-state index in [1.165, 1.54) is 6.07 Å². The lowest BCUT2D eigenvalue weighted by atomic mass is 10.1. The Morgan fingerprint density at radius 3 is 2.83 bits per heavy atom. The minimum Gasteiger partial charge on any atom is -0.370 e. The SMILES string of the molecule is CC(CC(N)=O)NCc1ccc(Br)cc1[N+](=O)[O-]. The van der Waals surface area contributed by atoms with E-state index in [4.69, 9.17) is 5.73 Å². The molecule has 3 N–H and O–H groups in total. The predicted octanol–water partition coefficient (Wildman–Crippen LogP) is 1.71. The Kier molecular flexibility index (Phi) is 5.24. The van der Waals surface area contributed by atoms with Crippen LogP contribution in [0.25, 0.3) is 0 Å². The van der Waals surface area contributed by atoms with E-state index in [9.17, 15) is 14.9 Å². The summed E-state index contributed by atoms with van der Waals surface area (Å²) in [4.78, 5) is 21.2. The van der Waals surface area contributed by atoms with Crippen LogP contribution in [0.2, 0.25) is 0 Å². The summed E-state index contributed by atoms with van der Waals surface area (Å²) in [5.74, 6) is -0.402. The second kappa shape index (κ2) is 6.46. The molecule has 1 rings (SSSR count). The summed E-state index contributed by atoms with van der Waals surface area (Å²) in [5, 5.41) is 13.9. The largest absolute Gasteiger partial charge is 0.370 e. The first-order valence-corrected chi connectivity index (χ1v) is 6.14. The number of nitrogens with zero attached hydrogens (tertiary/aromatic N) is 1. The molecule has 0 aliphatic heterocycles. The van der Waals surface area contributed by atoms with E-state index in [0.29, 0.717) is 16.6 Å². The summed E-state index contributed by atoms with van der Waals surface area (Å²) >= 11 is 3.19. The van der Waals surface area contributed by atoms with Gasteiger partial charge in [0.25, 0.3) is 5.69 Å². The van der Waals surface area contributed by atoms with E-state index in [2.05, 4.69) is 21.2 Å². The summed E-state index contributed by atoms with van der Waals surface area (Å²) in [7, 11) is 0. The maximum atomic E-state index is 10.9. The van der Waals surface area contributed by atoms with Crippen molar-refractivity contribution < 1.29 is 9.72 Å². The van der Waals surface area contributed by atoms with Crippen molar-refractivity contribution in [1.82, 2.24) is 5.32 Å². The van der Waals surface area contributed by atoms with Crippen molar-refractivity contribution in [3.8, 4) is 0 Å². The highest BCUT2D eigenvalue weighted by Crippen LogP contribution is 2.23. The number of halogens is 1. The van der Waals surface area contributed by atoms with E-state index in [-0.39, 0.29) is 18.2 Å². The summed E-state index contributed by atoms with van der Waals surface area (Å²) in [6, 6.07) is 4.75. The highest BCUT2D eigenvalue weighted by Gasteiger charge is 2.15. The van der Waals surface area contributed by atoms with E-state index < -0.39 is 10.8 Å². The highest BCUT2D eigenvalue weighted by atomic mass is 79.9. The number of carbonyl (C=O) groups excluding carboxylic acids is 1. The van der Waals surface area contributed by atoms with Crippen LogP contribution in [0.4, 0.5) is 5.69 Å². The average Bonchev–Trinajstić information content (AvgIpc) is 2.26. The lowest BCUT2D eigenvalue weighted by molar-refractivity contribution is -0.385. The lowest BCUT2D eigenvalue weighted by Crippen LogP contribution is -2.30. The molecule has 1 unspecified atom stereocenters. The van der Waals surface area contributed by atoms with Crippen LogP contribution in [0.15, 0.2) is 22.7 Å². The fourth-order valence-electron chi connectivity index (χ4n) is 1.51. The Hall–Kier alpha value is -1.47. The summed E-state index contributed by atoms with van der Waals surface area (Å²) in [6.45, 7) is 2.12. The van der Waals surface area contributed by atoms with Crippen molar-refractivity contribution in [3.63, 3.8) is 0 Å². The van der Waals surface area contributed by atoms with Gasteiger partial charge in [-0.3, -0.25) is 14.9 Å². The van der Waals surface area contributed by atoms with Gasteiger partial charge >= 0.3 is 0 Å². The third-order valence-electron chi connectivity index (χ3n) is 2.39. The quantitative estimate of drug-likeness (QED) is 0.616. The maximum Gasteiger partial charge on any atom is 0.275 e. The molecule has 0 bridgehead atoms. The lowest BCUT2D eigenvalue weighted by Gasteiger charge is -2.12. The second-order valence-corrected chi connectivity index (χ2v) is 4.90. The van der Waals surface area contributed by atoms with E-state index in [1.54, 1.807) is 19.1 Å². The van der Waals surface area contributed by atoms with Crippen LogP contribution in [0, 0.1) is 10.1 Å². The number of primary amides is 1. The third kappa shape index (κ3) is 4.42. The molecule has 0 aliphatic carbocycles. The van der Waals surface area contributed by atoms with Gasteiger partial charge in [0, 0.05) is 35.1 Å². The Morgan fingerprint density at radius 2 is 2.28 bits per heavy atom. The van der Waals surface area contributed by atoms with Crippen molar-refractivity contribution in [3.05, 3.63) is 38.3 Å². The van der Waals surface area contributed by atoms with Crippen molar-refractivity contribution in [2.45, 2.75) is 25.9 Å². The van der Waals surface area contributed by atoms with Gasteiger partial charge in [0.15, 0.2) is 0 Å². The number of nitrogens with two attached hydrogens (primary N) is 1. The van der Waals surface area contributed by atoms with E-state index in [0.717, 1.165) is 0 Å². The highest BCUT2D eigenvalue weighted by molar-refractivity contribution is 9.10. The van der Waals surface area contributed by atoms with Gasteiger partial charge in [-0.1, -0.05) is 15.9 Å². The van der Waals surface area contributed by atoms with Crippen molar-refractivity contribution in [1.29, 1.82) is 0 Å². The van der Waals surface area contributed by atoms with Gasteiger partial charge in [-0.15, -0.1) is 0 Å². The normalized spacial score (nSPS) is 12.1. The van der Waals surface area contributed by atoms with E-state index in [1.807, 2.05) is 0 Å².